The van der Waals surface area contributed by atoms with Crippen LogP contribution in [0, 0.1) is 17.6 Å². The van der Waals surface area contributed by atoms with Gasteiger partial charge in [-0.05, 0) is 30.9 Å². The van der Waals surface area contributed by atoms with Crippen molar-refractivity contribution in [2.24, 2.45) is 5.92 Å². The Balaban J connectivity index is 2.11. The topological polar surface area (TPSA) is 58.2 Å². The molecule has 1 aromatic rings. The van der Waals surface area contributed by atoms with Gasteiger partial charge in [0.25, 0.3) is 0 Å². The summed E-state index contributed by atoms with van der Waals surface area (Å²) in [5.74, 6) is -2.20. The molecule has 1 aliphatic rings. The summed E-state index contributed by atoms with van der Waals surface area (Å²) in [6, 6.07) is 2.15. The summed E-state index contributed by atoms with van der Waals surface area (Å²) in [4.78, 5) is 23.6. The van der Waals surface area contributed by atoms with Crippen LogP contribution in [0.25, 0.3) is 0 Å². The van der Waals surface area contributed by atoms with Crippen molar-refractivity contribution in [1.82, 2.24) is 5.32 Å². The molecule has 21 heavy (non-hydrogen) atoms. The Morgan fingerprint density at radius 1 is 1.14 bits per heavy atom. The number of rotatable bonds is 4. The molecule has 2 amide bonds. The molecule has 0 unspecified atom stereocenters. The zero-order chi connectivity index (χ0) is 15.4. The fourth-order valence-electron chi connectivity index (χ4n) is 2.75. The molecule has 1 atom stereocenters. The molecule has 0 aromatic heterocycles. The SMILES string of the molecule is CC(=O)N[C@@H](C(=O)Nc1cc(F)cc(F)c1)C1CCCC1. The van der Waals surface area contributed by atoms with Gasteiger partial charge in [0.2, 0.25) is 11.8 Å². The highest BCUT2D eigenvalue weighted by Crippen LogP contribution is 2.28. The Kier molecular flexibility index (Phi) is 4.88. The van der Waals surface area contributed by atoms with Crippen LogP contribution in [0.5, 0.6) is 0 Å². The first-order valence-corrected chi connectivity index (χ1v) is 7.00. The summed E-state index contributed by atoms with van der Waals surface area (Å²) in [6.45, 7) is 1.34. The average molecular weight is 296 g/mol. The zero-order valence-corrected chi connectivity index (χ0v) is 11.8. The van der Waals surface area contributed by atoms with Crippen molar-refractivity contribution < 1.29 is 18.4 Å². The molecule has 2 rings (SSSR count). The number of benzene rings is 1. The molecule has 114 valence electrons. The van der Waals surface area contributed by atoms with Crippen LogP contribution >= 0.6 is 0 Å². The van der Waals surface area contributed by atoms with E-state index >= 15 is 0 Å². The highest BCUT2D eigenvalue weighted by molar-refractivity contribution is 5.97. The highest BCUT2D eigenvalue weighted by atomic mass is 19.1. The van der Waals surface area contributed by atoms with E-state index in [1.807, 2.05) is 0 Å². The summed E-state index contributed by atoms with van der Waals surface area (Å²) in [7, 11) is 0. The quantitative estimate of drug-likeness (QED) is 0.897. The van der Waals surface area contributed by atoms with Crippen molar-refractivity contribution in [1.29, 1.82) is 0 Å². The minimum Gasteiger partial charge on any atom is -0.344 e. The van der Waals surface area contributed by atoms with Crippen molar-refractivity contribution in [3.8, 4) is 0 Å². The lowest BCUT2D eigenvalue weighted by molar-refractivity contribution is -0.126. The number of carbonyl (C=O) groups excluding carboxylic acids is 2. The number of nitrogens with one attached hydrogen (secondary N) is 2. The van der Waals surface area contributed by atoms with Gasteiger partial charge in [0.05, 0.1) is 0 Å². The second kappa shape index (κ2) is 6.65. The largest absolute Gasteiger partial charge is 0.344 e. The van der Waals surface area contributed by atoms with E-state index in [1.165, 1.54) is 6.92 Å². The van der Waals surface area contributed by atoms with Gasteiger partial charge in [-0.2, -0.15) is 0 Å². The number of anilines is 1. The highest BCUT2D eigenvalue weighted by Gasteiger charge is 2.31. The Bertz CT molecular complexity index is 522. The molecule has 0 bridgehead atoms. The predicted octanol–water partition coefficient (Wildman–Crippen LogP) is 2.60. The van der Waals surface area contributed by atoms with E-state index in [0.29, 0.717) is 0 Å². The molecule has 0 aliphatic heterocycles. The van der Waals surface area contributed by atoms with Crippen LogP contribution in [0.15, 0.2) is 18.2 Å². The molecule has 1 aliphatic carbocycles. The predicted molar refractivity (Wildman–Crippen MR) is 74.6 cm³/mol. The monoisotopic (exact) mass is 296 g/mol. The molecular weight excluding hydrogens is 278 g/mol. The molecule has 1 fully saturated rings. The molecule has 0 spiro atoms. The van der Waals surface area contributed by atoms with Gasteiger partial charge >= 0.3 is 0 Å². The van der Waals surface area contributed by atoms with Crippen LogP contribution in [-0.2, 0) is 9.59 Å². The number of hydrogen-bond acceptors (Lipinski definition) is 2. The molecule has 0 radical (unpaired) electrons. The Morgan fingerprint density at radius 2 is 1.71 bits per heavy atom. The van der Waals surface area contributed by atoms with Crippen LogP contribution in [0.3, 0.4) is 0 Å². The third kappa shape index (κ3) is 4.24. The molecule has 1 aromatic carbocycles. The number of halogens is 2. The smallest absolute Gasteiger partial charge is 0.247 e. The van der Waals surface area contributed by atoms with E-state index in [-0.39, 0.29) is 17.5 Å². The Labute approximate surface area is 121 Å². The summed E-state index contributed by atoms with van der Waals surface area (Å²) >= 11 is 0. The second-order valence-electron chi connectivity index (χ2n) is 5.37. The maximum atomic E-state index is 13.1. The van der Waals surface area contributed by atoms with Crippen LogP contribution in [0.4, 0.5) is 14.5 Å². The first-order valence-electron chi connectivity index (χ1n) is 7.00. The van der Waals surface area contributed by atoms with Gasteiger partial charge in [-0.15, -0.1) is 0 Å². The fourth-order valence-corrected chi connectivity index (χ4v) is 2.75. The summed E-state index contributed by atoms with van der Waals surface area (Å²) in [5, 5.41) is 5.10. The van der Waals surface area contributed by atoms with Gasteiger partial charge in [-0.3, -0.25) is 9.59 Å². The van der Waals surface area contributed by atoms with Crippen LogP contribution < -0.4 is 10.6 Å². The molecule has 1 saturated carbocycles. The lowest BCUT2D eigenvalue weighted by atomic mass is 9.97. The van der Waals surface area contributed by atoms with E-state index in [9.17, 15) is 18.4 Å². The first kappa shape index (κ1) is 15.4. The van der Waals surface area contributed by atoms with Crippen LogP contribution in [-0.4, -0.2) is 17.9 Å². The van der Waals surface area contributed by atoms with E-state index in [4.69, 9.17) is 0 Å². The van der Waals surface area contributed by atoms with Crippen molar-refractivity contribution >= 4 is 17.5 Å². The van der Waals surface area contributed by atoms with Gasteiger partial charge in [-0.1, -0.05) is 12.8 Å². The maximum Gasteiger partial charge on any atom is 0.247 e. The number of hydrogen-bond donors (Lipinski definition) is 2. The third-order valence-corrected chi connectivity index (χ3v) is 3.64. The van der Waals surface area contributed by atoms with E-state index < -0.39 is 23.6 Å². The lowest BCUT2D eigenvalue weighted by Gasteiger charge is -2.23. The number of carbonyl (C=O) groups is 2. The van der Waals surface area contributed by atoms with E-state index in [0.717, 1.165) is 43.9 Å². The number of amides is 2. The van der Waals surface area contributed by atoms with E-state index in [1.54, 1.807) is 0 Å². The van der Waals surface area contributed by atoms with Gasteiger partial charge in [0.1, 0.15) is 17.7 Å². The average Bonchev–Trinajstić information content (AvgIpc) is 2.87. The Hall–Kier alpha value is -1.98. The molecule has 0 saturated heterocycles. The van der Waals surface area contributed by atoms with Gasteiger partial charge in [0, 0.05) is 18.7 Å². The molecule has 6 heteroatoms. The van der Waals surface area contributed by atoms with E-state index in [2.05, 4.69) is 10.6 Å². The van der Waals surface area contributed by atoms with Crippen molar-refractivity contribution in [2.75, 3.05) is 5.32 Å². The van der Waals surface area contributed by atoms with Crippen molar-refractivity contribution in [3.63, 3.8) is 0 Å². The van der Waals surface area contributed by atoms with Crippen LogP contribution in [0.2, 0.25) is 0 Å². The summed E-state index contributed by atoms with van der Waals surface area (Å²) in [5.41, 5.74) is 0.0471. The Morgan fingerprint density at radius 3 is 2.24 bits per heavy atom. The molecule has 2 N–H and O–H groups in total. The van der Waals surface area contributed by atoms with Gasteiger partial charge < -0.3 is 10.6 Å². The fraction of sp³-hybridized carbons (Fsp3) is 0.467. The summed E-state index contributed by atoms with van der Waals surface area (Å²) < 4.78 is 26.3. The van der Waals surface area contributed by atoms with Gasteiger partial charge in [0.15, 0.2) is 0 Å². The minimum absolute atomic E-state index is 0.0471. The third-order valence-electron chi connectivity index (χ3n) is 3.64. The molecular formula is C15H18F2N2O2. The lowest BCUT2D eigenvalue weighted by Crippen LogP contribution is -2.47. The van der Waals surface area contributed by atoms with Crippen molar-refractivity contribution in [3.05, 3.63) is 29.8 Å². The van der Waals surface area contributed by atoms with Gasteiger partial charge in [-0.25, -0.2) is 8.78 Å². The summed E-state index contributed by atoms with van der Waals surface area (Å²) in [6.07, 6.45) is 3.75. The molecule has 0 heterocycles. The van der Waals surface area contributed by atoms with Crippen LogP contribution in [0.1, 0.15) is 32.6 Å². The minimum atomic E-state index is -0.762. The second-order valence-corrected chi connectivity index (χ2v) is 5.37. The maximum absolute atomic E-state index is 13.1. The normalized spacial score (nSPS) is 16.5. The standard InChI is InChI=1S/C15H18F2N2O2/c1-9(20)18-14(10-4-2-3-5-10)15(21)19-13-7-11(16)6-12(17)8-13/h6-8,10,14H,2-5H2,1H3,(H,18,20)(H,19,21)/t14-/m1/s1. The van der Waals surface area contributed by atoms with Crippen molar-refractivity contribution in [2.45, 2.75) is 38.6 Å². The first-order chi connectivity index (χ1) is 9.95. The molecule has 4 nitrogen and oxygen atoms in total. The zero-order valence-electron chi connectivity index (χ0n) is 11.8.